The lowest BCUT2D eigenvalue weighted by Gasteiger charge is -2.36. The van der Waals surface area contributed by atoms with E-state index in [1.165, 1.54) is 10.3 Å². The summed E-state index contributed by atoms with van der Waals surface area (Å²) in [4.78, 5) is 14.0. The number of nitrogens with zero attached hydrogens (tertiary/aromatic N) is 2. The summed E-state index contributed by atoms with van der Waals surface area (Å²) < 4.78 is 12.5. The molecule has 6 heteroatoms. The number of anilines is 3. The monoisotopic (exact) mass is 353 g/mol. The molecule has 0 saturated carbocycles. The number of aromatic nitrogens is 1. The van der Waals surface area contributed by atoms with Gasteiger partial charge in [-0.25, -0.2) is 4.79 Å². The van der Waals surface area contributed by atoms with Gasteiger partial charge >= 0.3 is 5.76 Å². The Hall–Kier alpha value is -2.73. The highest BCUT2D eigenvalue weighted by atomic mass is 16.5. The van der Waals surface area contributed by atoms with Gasteiger partial charge in [-0.15, -0.1) is 0 Å². The molecule has 0 amide bonds. The summed E-state index contributed by atoms with van der Waals surface area (Å²) in [6.07, 6.45) is 0.479. The summed E-state index contributed by atoms with van der Waals surface area (Å²) in [5.74, 6) is -0.351. The molecule has 2 atom stereocenters. The summed E-state index contributed by atoms with van der Waals surface area (Å²) >= 11 is 0. The number of hydrogen-bond acceptors (Lipinski definition) is 5. The number of benzene rings is 2. The zero-order valence-electron chi connectivity index (χ0n) is 15.2. The van der Waals surface area contributed by atoms with Crippen LogP contribution in [0.3, 0.4) is 0 Å². The van der Waals surface area contributed by atoms with Crippen molar-refractivity contribution in [1.82, 2.24) is 4.57 Å². The fourth-order valence-electron chi connectivity index (χ4n) is 3.52. The third kappa shape index (κ3) is 3.20. The number of morpholine rings is 1. The van der Waals surface area contributed by atoms with Gasteiger partial charge in [-0.3, -0.25) is 4.57 Å². The molecule has 2 aromatic carbocycles. The lowest BCUT2D eigenvalue weighted by molar-refractivity contribution is -0.00521. The van der Waals surface area contributed by atoms with Crippen molar-refractivity contribution in [2.24, 2.45) is 7.05 Å². The minimum absolute atomic E-state index is 0.240. The molecule has 2 heterocycles. The number of aryl methyl sites for hydroxylation is 1. The SMILES string of the molecule is CC1CN(c2ccc(Nc3ccc4c(c3)oc(=O)n4C)cc2)CC(C)O1. The first kappa shape index (κ1) is 16.7. The Morgan fingerprint density at radius 2 is 1.65 bits per heavy atom. The van der Waals surface area contributed by atoms with E-state index in [0.29, 0.717) is 5.58 Å². The van der Waals surface area contributed by atoms with Crippen LogP contribution >= 0.6 is 0 Å². The van der Waals surface area contributed by atoms with E-state index in [-0.39, 0.29) is 18.0 Å². The topological polar surface area (TPSA) is 59.6 Å². The first-order chi connectivity index (χ1) is 12.5. The summed E-state index contributed by atoms with van der Waals surface area (Å²) in [6.45, 7) is 6.02. The van der Waals surface area contributed by atoms with Gasteiger partial charge in [0.2, 0.25) is 0 Å². The van der Waals surface area contributed by atoms with E-state index in [1.54, 1.807) is 7.05 Å². The standard InChI is InChI=1S/C20H23N3O3/c1-13-11-23(12-14(2)25-13)17-7-4-15(5-8-17)21-16-6-9-18-19(10-16)26-20(24)22(18)3/h4-10,13-14,21H,11-12H2,1-3H3. The van der Waals surface area contributed by atoms with Gasteiger partial charge in [0.1, 0.15) is 0 Å². The summed E-state index contributed by atoms with van der Waals surface area (Å²) in [5, 5.41) is 3.36. The molecule has 26 heavy (non-hydrogen) atoms. The fraction of sp³-hybridized carbons (Fsp3) is 0.350. The Kier molecular flexibility index (Phi) is 4.20. The lowest BCUT2D eigenvalue weighted by atomic mass is 10.2. The fourth-order valence-corrected chi connectivity index (χ4v) is 3.52. The van der Waals surface area contributed by atoms with Gasteiger partial charge in [0.15, 0.2) is 5.58 Å². The Morgan fingerprint density at radius 1 is 1.00 bits per heavy atom. The number of rotatable bonds is 3. The molecule has 136 valence electrons. The van der Waals surface area contributed by atoms with E-state index in [0.717, 1.165) is 30.0 Å². The molecule has 0 spiro atoms. The van der Waals surface area contributed by atoms with Crippen molar-refractivity contribution in [3.05, 3.63) is 53.0 Å². The normalized spacial score (nSPS) is 20.5. The Bertz CT molecular complexity index is 964. The predicted molar refractivity (Wildman–Crippen MR) is 103 cm³/mol. The zero-order valence-corrected chi connectivity index (χ0v) is 15.2. The largest absolute Gasteiger partial charge is 0.419 e. The molecule has 0 radical (unpaired) electrons. The average molecular weight is 353 g/mol. The van der Waals surface area contributed by atoms with Crippen LogP contribution in [-0.4, -0.2) is 29.9 Å². The molecule has 2 unspecified atom stereocenters. The molecule has 1 saturated heterocycles. The van der Waals surface area contributed by atoms with Crippen LogP contribution in [0.2, 0.25) is 0 Å². The number of ether oxygens (including phenoxy) is 1. The molecule has 1 aliphatic rings. The Morgan fingerprint density at radius 3 is 2.35 bits per heavy atom. The first-order valence-corrected chi connectivity index (χ1v) is 8.86. The van der Waals surface area contributed by atoms with Gasteiger partial charge in [0.25, 0.3) is 0 Å². The zero-order chi connectivity index (χ0) is 18.3. The molecular formula is C20H23N3O3. The smallest absolute Gasteiger partial charge is 0.408 e. The van der Waals surface area contributed by atoms with Crippen LogP contribution in [-0.2, 0) is 11.8 Å². The van der Waals surface area contributed by atoms with Gasteiger partial charge in [-0.05, 0) is 50.2 Å². The Labute approximate surface area is 152 Å². The van der Waals surface area contributed by atoms with Crippen LogP contribution in [0.25, 0.3) is 11.1 Å². The molecule has 1 aliphatic heterocycles. The summed E-state index contributed by atoms with van der Waals surface area (Å²) in [7, 11) is 1.70. The number of fused-ring (bicyclic) bond motifs is 1. The Balaban J connectivity index is 1.51. The molecule has 3 aromatic rings. The first-order valence-electron chi connectivity index (χ1n) is 8.86. The van der Waals surface area contributed by atoms with Crippen LogP contribution in [0.15, 0.2) is 51.7 Å². The highest BCUT2D eigenvalue weighted by molar-refractivity contribution is 5.79. The van der Waals surface area contributed by atoms with Gasteiger partial charge < -0.3 is 19.4 Å². The molecule has 0 bridgehead atoms. The molecular weight excluding hydrogens is 330 g/mol. The molecule has 4 rings (SSSR count). The molecule has 1 aromatic heterocycles. The van der Waals surface area contributed by atoms with E-state index in [1.807, 2.05) is 18.2 Å². The molecule has 6 nitrogen and oxygen atoms in total. The van der Waals surface area contributed by atoms with E-state index < -0.39 is 0 Å². The van der Waals surface area contributed by atoms with E-state index in [4.69, 9.17) is 9.15 Å². The number of oxazole rings is 1. The van der Waals surface area contributed by atoms with Crippen molar-refractivity contribution in [1.29, 1.82) is 0 Å². The van der Waals surface area contributed by atoms with Crippen molar-refractivity contribution in [2.45, 2.75) is 26.1 Å². The minimum Gasteiger partial charge on any atom is -0.408 e. The highest BCUT2D eigenvalue weighted by Gasteiger charge is 2.22. The van der Waals surface area contributed by atoms with E-state index >= 15 is 0 Å². The van der Waals surface area contributed by atoms with Crippen molar-refractivity contribution in [3.8, 4) is 0 Å². The van der Waals surface area contributed by atoms with Crippen molar-refractivity contribution in [2.75, 3.05) is 23.3 Å². The van der Waals surface area contributed by atoms with Crippen LogP contribution in [0.1, 0.15) is 13.8 Å². The maximum absolute atomic E-state index is 11.6. The number of hydrogen-bond donors (Lipinski definition) is 1. The highest BCUT2D eigenvalue weighted by Crippen LogP contribution is 2.25. The predicted octanol–water partition coefficient (Wildman–Crippen LogP) is 3.49. The average Bonchev–Trinajstić information content (AvgIpc) is 2.88. The van der Waals surface area contributed by atoms with Crippen LogP contribution in [0.5, 0.6) is 0 Å². The molecule has 0 aliphatic carbocycles. The van der Waals surface area contributed by atoms with E-state index in [2.05, 4.69) is 48.3 Å². The van der Waals surface area contributed by atoms with Gasteiger partial charge in [-0.1, -0.05) is 0 Å². The third-order valence-electron chi connectivity index (χ3n) is 4.73. The number of nitrogens with one attached hydrogen (secondary N) is 1. The van der Waals surface area contributed by atoms with Gasteiger partial charge in [-0.2, -0.15) is 0 Å². The van der Waals surface area contributed by atoms with Crippen LogP contribution in [0, 0.1) is 0 Å². The molecule has 1 N–H and O–H groups in total. The third-order valence-corrected chi connectivity index (χ3v) is 4.73. The second-order valence-corrected chi connectivity index (χ2v) is 6.94. The minimum atomic E-state index is -0.351. The maximum Gasteiger partial charge on any atom is 0.419 e. The van der Waals surface area contributed by atoms with E-state index in [9.17, 15) is 4.79 Å². The second-order valence-electron chi connectivity index (χ2n) is 6.94. The van der Waals surface area contributed by atoms with Crippen LogP contribution in [0.4, 0.5) is 17.1 Å². The van der Waals surface area contributed by atoms with Gasteiger partial charge in [0, 0.05) is 43.3 Å². The van der Waals surface area contributed by atoms with Crippen molar-refractivity contribution >= 4 is 28.2 Å². The second kappa shape index (κ2) is 6.53. The summed E-state index contributed by atoms with van der Waals surface area (Å²) in [5.41, 5.74) is 4.43. The quantitative estimate of drug-likeness (QED) is 0.781. The van der Waals surface area contributed by atoms with Crippen LogP contribution < -0.4 is 16.0 Å². The molecule has 1 fully saturated rings. The van der Waals surface area contributed by atoms with Gasteiger partial charge in [0.05, 0.1) is 17.7 Å². The van der Waals surface area contributed by atoms with Crippen molar-refractivity contribution < 1.29 is 9.15 Å². The summed E-state index contributed by atoms with van der Waals surface area (Å²) in [6, 6.07) is 14.0. The lowest BCUT2D eigenvalue weighted by Crippen LogP contribution is -2.45. The van der Waals surface area contributed by atoms with Crippen molar-refractivity contribution in [3.63, 3.8) is 0 Å². The maximum atomic E-state index is 11.6.